The van der Waals surface area contributed by atoms with Crippen LogP contribution in [0, 0.1) is 19.3 Å². The van der Waals surface area contributed by atoms with Crippen molar-refractivity contribution in [3.8, 4) is 34.1 Å². The van der Waals surface area contributed by atoms with Gasteiger partial charge in [-0.2, -0.15) is 0 Å². The smallest absolute Gasteiger partial charge is 0.228 e. The van der Waals surface area contributed by atoms with E-state index in [0.29, 0.717) is 5.82 Å². The van der Waals surface area contributed by atoms with Crippen LogP contribution >= 0.6 is 0 Å². The van der Waals surface area contributed by atoms with Crippen molar-refractivity contribution in [1.29, 1.82) is 0 Å². The Hall–Kier alpha value is -4.38. The molecule has 4 aromatic carbocycles. The third-order valence-electron chi connectivity index (χ3n) is 9.37. The highest BCUT2D eigenvalue weighted by Gasteiger charge is 2.34. The summed E-state index contributed by atoms with van der Waals surface area (Å²) in [4.78, 5) is 14.9. The number of nitrogens with zero attached hydrogens (tertiary/aromatic N) is 4. The van der Waals surface area contributed by atoms with Crippen molar-refractivity contribution in [3.63, 3.8) is 0 Å². The molecule has 47 heavy (non-hydrogen) atoms. The summed E-state index contributed by atoms with van der Waals surface area (Å²) in [6, 6.07) is 17.9. The average molecular weight is 624 g/mol. The van der Waals surface area contributed by atoms with Crippen molar-refractivity contribution in [2.45, 2.75) is 93.4 Å². The Morgan fingerprint density at radius 3 is 2.02 bits per heavy atom. The van der Waals surface area contributed by atoms with Crippen molar-refractivity contribution in [3.05, 3.63) is 83.1 Å². The zero-order valence-corrected chi connectivity index (χ0v) is 30.1. The van der Waals surface area contributed by atoms with Gasteiger partial charge < -0.3 is 4.74 Å². The fourth-order valence-electron chi connectivity index (χ4n) is 6.97. The van der Waals surface area contributed by atoms with E-state index in [1.54, 1.807) is 0 Å². The molecule has 7 rings (SSSR count). The van der Waals surface area contributed by atoms with Crippen LogP contribution in [0.1, 0.15) is 90.7 Å². The highest BCUT2D eigenvalue weighted by molar-refractivity contribution is 6.16. The maximum absolute atomic E-state index is 7.08. The minimum absolute atomic E-state index is 0.0905. The molecule has 0 atom stereocenters. The van der Waals surface area contributed by atoms with Gasteiger partial charge in [0, 0.05) is 33.4 Å². The van der Waals surface area contributed by atoms with E-state index in [9.17, 15) is 0 Å². The highest BCUT2D eigenvalue weighted by atomic mass is 16.5. The van der Waals surface area contributed by atoms with Crippen molar-refractivity contribution in [2.24, 2.45) is 12.5 Å². The maximum atomic E-state index is 7.08. The molecule has 0 aliphatic carbocycles. The van der Waals surface area contributed by atoms with Gasteiger partial charge in [-0.05, 0) is 64.9 Å². The first kappa shape index (κ1) is 31.2. The van der Waals surface area contributed by atoms with Gasteiger partial charge in [-0.3, -0.25) is 0 Å². The number of aryl methyl sites for hydroxylation is 3. The molecule has 5 nitrogen and oxygen atoms in total. The molecule has 0 unspecified atom stereocenters. The van der Waals surface area contributed by atoms with Crippen LogP contribution in [0.4, 0.5) is 0 Å². The van der Waals surface area contributed by atoms with E-state index >= 15 is 0 Å². The Morgan fingerprint density at radius 2 is 1.38 bits per heavy atom. The van der Waals surface area contributed by atoms with Crippen molar-refractivity contribution >= 4 is 32.3 Å². The molecule has 6 aromatic rings. The number of hydrogen-bond donors (Lipinski definition) is 0. The number of fused-ring (bicyclic) bond motifs is 5. The number of pyridine rings is 1. The molecule has 0 saturated carbocycles. The van der Waals surface area contributed by atoms with Crippen LogP contribution in [0.15, 0.2) is 54.7 Å². The standard InChI is InChI=1S/C42H47N4O/c1-23-13-16-27-29(19-23)24(2)33-35-34-28(17-18-46(35)12)30-20-26(37-43-38(41(6,7)8)45-39(44-37)42(9,10)11)15-14-25(30)21-32(34)47-36(33)31(27)22-40(3,4)5/h13-21H,22H2,1-12H3/q+1. The fourth-order valence-corrected chi connectivity index (χ4v) is 6.97. The SMILES string of the molecule is Cc1ccc2c(CC(C)(C)C)c3c(c(C)c2c1)-c1c2c(cc4ccc(-c5nc(C(C)(C)C)nc(C(C)(C)C)n5)cc4c2cc[n+]1C)O3. The van der Waals surface area contributed by atoms with Gasteiger partial charge in [-0.15, -0.1) is 0 Å². The first-order valence-electron chi connectivity index (χ1n) is 16.8. The zero-order chi connectivity index (χ0) is 33.8. The minimum atomic E-state index is -0.200. The summed E-state index contributed by atoms with van der Waals surface area (Å²) in [7, 11) is 2.16. The van der Waals surface area contributed by atoms with Crippen molar-refractivity contribution in [2.75, 3.05) is 0 Å². The number of aromatic nitrogens is 4. The maximum Gasteiger partial charge on any atom is 0.228 e. The van der Waals surface area contributed by atoms with Crippen LogP contribution in [-0.4, -0.2) is 15.0 Å². The Balaban J connectivity index is 1.53. The molecule has 0 bridgehead atoms. The number of hydrogen-bond acceptors (Lipinski definition) is 4. The minimum Gasteiger partial charge on any atom is -0.455 e. The first-order chi connectivity index (χ1) is 21.9. The second-order valence-electron chi connectivity index (χ2n) is 16.9. The van der Waals surface area contributed by atoms with Gasteiger partial charge in [0.1, 0.15) is 30.2 Å². The van der Waals surface area contributed by atoms with E-state index in [1.165, 1.54) is 44.1 Å². The Labute approximate surface area is 279 Å². The lowest BCUT2D eigenvalue weighted by Gasteiger charge is -2.28. The Kier molecular flexibility index (Phi) is 6.85. The number of benzene rings is 4. The monoisotopic (exact) mass is 623 g/mol. The van der Waals surface area contributed by atoms with E-state index in [-0.39, 0.29) is 16.2 Å². The van der Waals surface area contributed by atoms with Crippen molar-refractivity contribution in [1.82, 2.24) is 15.0 Å². The number of rotatable bonds is 2. The second-order valence-corrected chi connectivity index (χ2v) is 16.9. The molecule has 0 N–H and O–H groups in total. The average Bonchev–Trinajstić information content (AvgIpc) is 2.98. The van der Waals surface area contributed by atoms with Gasteiger partial charge in [-0.1, -0.05) is 98.2 Å². The van der Waals surface area contributed by atoms with Crippen LogP contribution in [0.5, 0.6) is 11.5 Å². The summed E-state index contributed by atoms with van der Waals surface area (Å²) < 4.78 is 9.36. The summed E-state index contributed by atoms with van der Waals surface area (Å²) in [5, 5.41) is 7.19. The Morgan fingerprint density at radius 1 is 0.702 bits per heavy atom. The van der Waals surface area contributed by atoms with Crippen LogP contribution in [0.3, 0.4) is 0 Å². The van der Waals surface area contributed by atoms with E-state index < -0.39 is 0 Å². The molecule has 5 heteroatoms. The molecule has 0 spiro atoms. The highest BCUT2D eigenvalue weighted by Crippen LogP contribution is 2.53. The van der Waals surface area contributed by atoms with Gasteiger partial charge in [0.25, 0.3) is 0 Å². The van der Waals surface area contributed by atoms with E-state index in [0.717, 1.165) is 51.3 Å². The van der Waals surface area contributed by atoms with Crippen LogP contribution in [0.2, 0.25) is 0 Å². The molecule has 240 valence electrons. The van der Waals surface area contributed by atoms with E-state index in [1.807, 2.05) is 0 Å². The van der Waals surface area contributed by atoms with Gasteiger partial charge in [-0.25, -0.2) is 19.5 Å². The van der Waals surface area contributed by atoms with Gasteiger partial charge >= 0.3 is 0 Å². The predicted octanol–water partition coefficient (Wildman–Crippen LogP) is 10.4. The van der Waals surface area contributed by atoms with Crippen molar-refractivity contribution < 1.29 is 9.30 Å². The van der Waals surface area contributed by atoms with E-state index in [4.69, 9.17) is 19.7 Å². The van der Waals surface area contributed by atoms with Crippen LogP contribution < -0.4 is 9.30 Å². The molecule has 0 amide bonds. The predicted molar refractivity (Wildman–Crippen MR) is 194 cm³/mol. The summed E-state index contributed by atoms with van der Waals surface area (Å²) in [5.41, 5.74) is 6.88. The molecule has 0 fully saturated rings. The second kappa shape index (κ2) is 10.3. The lowest BCUT2D eigenvalue weighted by atomic mass is 9.81. The topological polar surface area (TPSA) is 51.8 Å². The summed E-state index contributed by atoms with van der Waals surface area (Å²) in [6.45, 7) is 24.3. The van der Waals surface area contributed by atoms with Crippen LogP contribution in [-0.2, 0) is 24.3 Å². The Bertz CT molecular complexity index is 2250. The molecule has 2 aromatic heterocycles. The first-order valence-corrected chi connectivity index (χ1v) is 16.8. The molecule has 3 heterocycles. The molecule has 0 saturated heterocycles. The number of ether oxygens (including phenoxy) is 1. The lowest BCUT2D eigenvalue weighted by molar-refractivity contribution is -0.659. The summed E-state index contributed by atoms with van der Waals surface area (Å²) in [6.07, 6.45) is 3.12. The quantitative estimate of drug-likeness (QED) is 0.142. The molecule has 1 aliphatic rings. The van der Waals surface area contributed by atoms with Gasteiger partial charge in [0.2, 0.25) is 5.69 Å². The van der Waals surface area contributed by atoms with Gasteiger partial charge in [0.05, 0.1) is 10.9 Å². The molecule has 0 radical (unpaired) electrons. The summed E-state index contributed by atoms with van der Waals surface area (Å²) in [5.74, 6) is 4.24. The summed E-state index contributed by atoms with van der Waals surface area (Å²) >= 11 is 0. The largest absolute Gasteiger partial charge is 0.455 e. The molecular formula is C42H47N4O+. The zero-order valence-electron chi connectivity index (χ0n) is 30.1. The fraction of sp³-hybridized carbons (Fsp3) is 0.381. The third kappa shape index (κ3) is 5.24. The molecular weight excluding hydrogens is 576 g/mol. The van der Waals surface area contributed by atoms with E-state index in [2.05, 4.69) is 143 Å². The lowest BCUT2D eigenvalue weighted by Crippen LogP contribution is -2.32. The van der Waals surface area contributed by atoms with Gasteiger partial charge in [0.15, 0.2) is 12.0 Å². The normalized spacial score (nSPS) is 13.4. The third-order valence-corrected chi connectivity index (χ3v) is 9.37. The van der Waals surface area contributed by atoms with Crippen LogP contribution in [0.25, 0.3) is 55.0 Å². The molecule has 1 aliphatic heterocycles.